The smallest absolute Gasteiger partial charge is 0.307 e. The number of imidazole rings is 2. The first kappa shape index (κ1) is 11.6. The van der Waals surface area contributed by atoms with E-state index in [4.69, 9.17) is 24.4 Å². The normalized spacial score (nSPS) is 11.2. The number of aromatic nitrogens is 4. The van der Waals surface area contributed by atoms with E-state index in [0.717, 1.165) is 9.54 Å². The summed E-state index contributed by atoms with van der Waals surface area (Å²) in [6, 6.07) is 0. The Morgan fingerprint density at radius 3 is 1.50 bits per heavy atom. The molecule has 4 nitrogen and oxygen atoms in total. The van der Waals surface area contributed by atoms with Crippen molar-refractivity contribution >= 4 is 33.6 Å². The fraction of sp³-hybridized carbons (Fsp3) is 0.333. The van der Waals surface area contributed by atoms with Gasteiger partial charge in [0.2, 0.25) is 0 Å². The van der Waals surface area contributed by atoms with Crippen molar-refractivity contribution in [3.8, 4) is 0 Å². The monoisotopic (exact) mass is 269 g/mol. The highest BCUT2D eigenvalue weighted by atomic mass is 32.1. The molecule has 7 heteroatoms. The fourth-order valence-corrected chi connectivity index (χ4v) is 4.24. The van der Waals surface area contributed by atoms with Gasteiger partial charge in [-0.3, -0.25) is 0 Å². The van der Waals surface area contributed by atoms with Crippen LogP contribution in [0.5, 0.6) is 0 Å². The fourth-order valence-electron chi connectivity index (χ4n) is 1.54. The third kappa shape index (κ3) is 1.74. The topological polar surface area (TPSA) is 19.7 Å². The van der Waals surface area contributed by atoms with Crippen LogP contribution in [0.4, 0.5) is 0 Å². The summed E-state index contributed by atoms with van der Waals surface area (Å²) in [5.74, 6) is 0. The van der Waals surface area contributed by atoms with Crippen molar-refractivity contribution in [1.29, 1.82) is 0 Å². The van der Waals surface area contributed by atoms with Crippen LogP contribution < -0.4 is 0 Å². The number of aryl methyl sites for hydroxylation is 2. The summed E-state index contributed by atoms with van der Waals surface area (Å²) in [6.45, 7) is 2.18. The summed E-state index contributed by atoms with van der Waals surface area (Å²) in [6.07, 6.45) is 7.99. The predicted molar refractivity (Wildman–Crippen MR) is 70.9 cm³/mol. The van der Waals surface area contributed by atoms with E-state index in [1.165, 1.54) is 0 Å². The molecule has 0 bridgehead atoms. The third-order valence-electron chi connectivity index (χ3n) is 2.59. The molecule has 0 atom stereocenters. The first-order valence-electron chi connectivity index (χ1n) is 4.84. The summed E-state index contributed by atoms with van der Waals surface area (Å²) >= 11 is 10.7. The van der Waals surface area contributed by atoms with Crippen molar-refractivity contribution in [3.05, 3.63) is 34.3 Å². The molecule has 0 saturated carbocycles. The molecule has 16 heavy (non-hydrogen) atoms. The van der Waals surface area contributed by atoms with Gasteiger partial charge in [-0.15, -0.1) is 0 Å². The Morgan fingerprint density at radius 2 is 1.25 bits per heavy atom. The van der Waals surface area contributed by atoms with Crippen LogP contribution in [0.15, 0.2) is 24.8 Å². The maximum atomic E-state index is 5.35. The molecule has 1 radical (unpaired) electrons. The second-order valence-corrected chi connectivity index (χ2v) is 6.46. The summed E-state index contributed by atoms with van der Waals surface area (Å²) in [4.78, 5) is 0. The lowest BCUT2D eigenvalue weighted by Crippen LogP contribution is -2.29. The van der Waals surface area contributed by atoms with Gasteiger partial charge in [-0.05, 0) is 31.0 Å². The van der Waals surface area contributed by atoms with E-state index in [1.807, 2.05) is 48.0 Å². The Balaban J connectivity index is 2.51. The van der Waals surface area contributed by atoms with Crippen molar-refractivity contribution in [1.82, 2.24) is 17.6 Å². The van der Waals surface area contributed by atoms with E-state index >= 15 is 0 Å². The van der Waals surface area contributed by atoms with Gasteiger partial charge in [-0.2, -0.15) is 0 Å². The maximum absolute atomic E-state index is 5.35. The molecular weight excluding hydrogens is 256 g/mol. The minimum atomic E-state index is -0.980. The molecular formula is C9H13N4S2Si. The van der Waals surface area contributed by atoms with Crippen molar-refractivity contribution in [2.75, 3.05) is 0 Å². The Kier molecular flexibility index (Phi) is 3.00. The molecule has 0 N–H and O–H groups in total. The third-order valence-corrected chi connectivity index (χ3v) is 6.00. The molecule has 2 aromatic heterocycles. The van der Waals surface area contributed by atoms with E-state index in [1.54, 1.807) is 0 Å². The van der Waals surface area contributed by atoms with Crippen LogP contribution in [-0.2, 0) is 14.1 Å². The molecule has 0 fully saturated rings. The Hall–Kier alpha value is -0.923. The lowest BCUT2D eigenvalue weighted by Gasteiger charge is -2.11. The van der Waals surface area contributed by atoms with Gasteiger partial charge < -0.3 is 17.6 Å². The largest absolute Gasteiger partial charge is 0.331 e. The SMILES string of the molecule is Cn1ccn([Si](C)n2ccn(C)c2=S)c1=S. The standard InChI is InChI=1S/C9H13N4S2Si/c1-10-4-6-12(8(10)14)16(3)13-7-5-11(2)9(13)15/h4-7H,1-3H3. The molecule has 0 aromatic carbocycles. The molecule has 0 saturated heterocycles. The van der Waals surface area contributed by atoms with Crippen LogP contribution in [0.25, 0.3) is 0 Å². The highest BCUT2D eigenvalue weighted by molar-refractivity contribution is 7.71. The van der Waals surface area contributed by atoms with Gasteiger partial charge in [0, 0.05) is 38.9 Å². The zero-order chi connectivity index (χ0) is 11.9. The first-order valence-corrected chi connectivity index (χ1v) is 7.55. The molecule has 0 amide bonds. The van der Waals surface area contributed by atoms with Crippen molar-refractivity contribution in [3.63, 3.8) is 0 Å². The van der Waals surface area contributed by atoms with Gasteiger partial charge >= 0.3 is 9.12 Å². The van der Waals surface area contributed by atoms with Gasteiger partial charge in [-0.1, -0.05) is 0 Å². The molecule has 0 aliphatic heterocycles. The predicted octanol–water partition coefficient (Wildman–Crippen LogP) is 1.94. The minimum Gasteiger partial charge on any atom is -0.331 e. The highest BCUT2D eigenvalue weighted by Crippen LogP contribution is 2.03. The molecule has 2 aromatic rings. The Bertz CT molecular complexity index is 564. The van der Waals surface area contributed by atoms with E-state index in [-0.39, 0.29) is 0 Å². The van der Waals surface area contributed by atoms with Gasteiger partial charge in [0.05, 0.1) is 0 Å². The molecule has 0 unspecified atom stereocenters. The zero-order valence-electron chi connectivity index (χ0n) is 9.41. The lowest BCUT2D eigenvalue weighted by atomic mass is 10.9. The summed E-state index contributed by atoms with van der Waals surface area (Å²) in [5, 5.41) is 0. The van der Waals surface area contributed by atoms with Crippen LogP contribution in [0.3, 0.4) is 0 Å². The second-order valence-electron chi connectivity index (χ2n) is 3.67. The van der Waals surface area contributed by atoms with Crippen LogP contribution in [0.2, 0.25) is 6.55 Å². The van der Waals surface area contributed by atoms with Crippen LogP contribution in [-0.4, -0.2) is 26.7 Å². The van der Waals surface area contributed by atoms with E-state index < -0.39 is 9.12 Å². The Labute approximate surface area is 106 Å². The molecule has 2 heterocycles. The summed E-state index contributed by atoms with van der Waals surface area (Å²) in [5.41, 5.74) is 0. The molecule has 85 valence electrons. The summed E-state index contributed by atoms with van der Waals surface area (Å²) < 4.78 is 9.79. The maximum Gasteiger partial charge on any atom is 0.307 e. The van der Waals surface area contributed by atoms with Crippen molar-refractivity contribution in [2.24, 2.45) is 14.1 Å². The van der Waals surface area contributed by atoms with Crippen molar-refractivity contribution < 1.29 is 0 Å². The average Bonchev–Trinajstić information content (AvgIpc) is 2.74. The van der Waals surface area contributed by atoms with E-state index in [9.17, 15) is 0 Å². The van der Waals surface area contributed by atoms with Gasteiger partial charge in [0.15, 0.2) is 9.54 Å². The van der Waals surface area contributed by atoms with Crippen LogP contribution >= 0.6 is 24.4 Å². The van der Waals surface area contributed by atoms with Crippen LogP contribution in [0.1, 0.15) is 0 Å². The number of hydrogen-bond donors (Lipinski definition) is 0. The molecule has 2 rings (SSSR count). The summed E-state index contributed by atoms with van der Waals surface area (Å²) in [7, 11) is 2.93. The number of rotatable bonds is 2. The first-order chi connectivity index (χ1) is 7.52. The minimum absolute atomic E-state index is 0.835. The molecule has 0 spiro atoms. The van der Waals surface area contributed by atoms with Gasteiger partial charge in [-0.25, -0.2) is 0 Å². The van der Waals surface area contributed by atoms with Crippen molar-refractivity contribution in [2.45, 2.75) is 6.55 Å². The molecule has 0 aliphatic carbocycles. The van der Waals surface area contributed by atoms with Gasteiger partial charge in [0.1, 0.15) is 0 Å². The average molecular weight is 269 g/mol. The quantitative estimate of drug-likeness (QED) is 0.613. The second kappa shape index (κ2) is 4.15. The zero-order valence-corrected chi connectivity index (χ0v) is 12.0. The van der Waals surface area contributed by atoms with Gasteiger partial charge in [0.25, 0.3) is 0 Å². The van der Waals surface area contributed by atoms with E-state index in [0.29, 0.717) is 0 Å². The van der Waals surface area contributed by atoms with E-state index in [2.05, 4.69) is 15.0 Å². The Morgan fingerprint density at radius 1 is 0.875 bits per heavy atom. The van der Waals surface area contributed by atoms with Crippen LogP contribution in [0, 0.1) is 9.54 Å². The lowest BCUT2D eigenvalue weighted by molar-refractivity contribution is 0.855. The number of nitrogens with zero attached hydrogens (tertiary/aromatic N) is 4. The number of hydrogen-bond acceptors (Lipinski definition) is 2. The highest BCUT2D eigenvalue weighted by Gasteiger charge is 2.14. The molecule has 0 aliphatic rings.